The van der Waals surface area contributed by atoms with E-state index in [-0.39, 0.29) is 17.5 Å². The molecule has 0 aliphatic carbocycles. The zero-order valence-corrected chi connectivity index (χ0v) is 16.5. The lowest BCUT2D eigenvalue weighted by molar-refractivity contribution is 0.0710. The van der Waals surface area contributed by atoms with Crippen molar-refractivity contribution in [1.29, 1.82) is 0 Å². The van der Waals surface area contributed by atoms with Crippen LogP contribution in [0.2, 0.25) is 0 Å². The van der Waals surface area contributed by atoms with Crippen LogP contribution >= 0.6 is 0 Å². The van der Waals surface area contributed by atoms with Gasteiger partial charge in [-0.15, -0.1) is 0 Å². The highest BCUT2D eigenvalue weighted by atomic mass is 16.5. The van der Waals surface area contributed by atoms with Gasteiger partial charge in [0, 0.05) is 31.3 Å². The van der Waals surface area contributed by atoms with Crippen molar-refractivity contribution in [2.45, 2.75) is 25.7 Å². The number of aryl methyl sites for hydroxylation is 1. The van der Waals surface area contributed by atoms with Gasteiger partial charge in [0.15, 0.2) is 0 Å². The van der Waals surface area contributed by atoms with E-state index in [9.17, 15) is 9.59 Å². The molecule has 0 bridgehead atoms. The third-order valence-corrected chi connectivity index (χ3v) is 5.33. The Morgan fingerprint density at radius 2 is 1.86 bits per heavy atom. The second-order valence-electron chi connectivity index (χ2n) is 7.21. The van der Waals surface area contributed by atoms with E-state index in [0.717, 1.165) is 29.9 Å². The third-order valence-electron chi connectivity index (χ3n) is 5.33. The van der Waals surface area contributed by atoms with Gasteiger partial charge in [0.1, 0.15) is 5.82 Å². The number of rotatable bonds is 4. The standard InChI is InChI=1S/C21H23N5O3/c1-14-3-6-17(7-4-14)26-19(23-24-21(26)28)15-9-11-25(12-10-15)20(27)16-5-8-18(29-2)22-13-16/h3-8,13,15H,9-12H2,1-2H3,(H,24,28). The molecule has 0 radical (unpaired) electrons. The molecule has 3 heterocycles. The first-order chi connectivity index (χ1) is 14.1. The highest BCUT2D eigenvalue weighted by Gasteiger charge is 2.28. The highest BCUT2D eigenvalue weighted by molar-refractivity contribution is 5.94. The van der Waals surface area contributed by atoms with Crippen molar-refractivity contribution < 1.29 is 9.53 Å². The number of carbonyl (C=O) groups excluding carboxylic acids is 1. The summed E-state index contributed by atoms with van der Waals surface area (Å²) in [5.74, 6) is 1.26. The second-order valence-corrected chi connectivity index (χ2v) is 7.21. The Morgan fingerprint density at radius 1 is 1.14 bits per heavy atom. The van der Waals surface area contributed by atoms with Gasteiger partial charge >= 0.3 is 5.69 Å². The van der Waals surface area contributed by atoms with Gasteiger partial charge in [-0.2, -0.15) is 5.10 Å². The Kier molecular flexibility index (Phi) is 5.16. The van der Waals surface area contributed by atoms with Gasteiger partial charge in [-0.1, -0.05) is 17.7 Å². The van der Waals surface area contributed by atoms with Crippen molar-refractivity contribution in [3.05, 3.63) is 70.0 Å². The Labute approximate surface area is 168 Å². The normalized spacial score (nSPS) is 14.8. The van der Waals surface area contributed by atoms with E-state index in [1.807, 2.05) is 36.1 Å². The number of benzene rings is 1. The molecule has 3 aromatic rings. The number of nitrogens with one attached hydrogen (secondary N) is 1. The molecule has 0 unspecified atom stereocenters. The largest absolute Gasteiger partial charge is 0.481 e. The number of amides is 1. The van der Waals surface area contributed by atoms with E-state index in [2.05, 4.69) is 15.2 Å². The Hall–Kier alpha value is -3.42. The number of carbonyl (C=O) groups is 1. The van der Waals surface area contributed by atoms with Crippen LogP contribution in [0.25, 0.3) is 5.69 Å². The molecule has 150 valence electrons. The molecule has 1 N–H and O–H groups in total. The maximum absolute atomic E-state index is 12.7. The molecule has 4 rings (SSSR count). The molecule has 0 spiro atoms. The predicted octanol–water partition coefficient (Wildman–Crippen LogP) is 2.29. The zero-order valence-electron chi connectivity index (χ0n) is 16.5. The average molecular weight is 393 g/mol. The summed E-state index contributed by atoms with van der Waals surface area (Å²) in [7, 11) is 1.54. The van der Waals surface area contributed by atoms with E-state index >= 15 is 0 Å². The predicted molar refractivity (Wildman–Crippen MR) is 108 cm³/mol. The smallest absolute Gasteiger partial charge is 0.347 e. The number of piperidine rings is 1. The monoisotopic (exact) mass is 393 g/mol. The summed E-state index contributed by atoms with van der Waals surface area (Å²) in [4.78, 5) is 31.0. The molecule has 1 aromatic carbocycles. The number of hydrogen-bond donors (Lipinski definition) is 1. The van der Waals surface area contributed by atoms with Crippen molar-refractivity contribution in [2.24, 2.45) is 0 Å². The maximum atomic E-state index is 12.7. The summed E-state index contributed by atoms with van der Waals surface area (Å²) in [5, 5.41) is 6.86. The van der Waals surface area contributed by atoms with Gasteiger partial charge in [-0.25, -0.2) is 19.4 Å². The number of likely N-dealkylation sites (tertiary alicyclic amines) is 1. The molecule has 1 saturated heterocycles. The van der Waals surface area contributed by atoms with E-state index in [1.54, 1.807) is 23.8 Å². The summed E-state index contributed by atoms with van der Waals surface area (Å²) in [6, 6.07) is 11.2. The van der Waals surface area contributed by atoms with Crippen LogP contribution in [0.15, 0.2) is 47.4 Å². The minimum absolute atomic E-state index is 0.0449. The Balaban J connectivity index is 1.48. The molecule has 1 amide bonds. The minimum atomic E-state index is -0.244. The number of methoxy groups -OCH3 is 1. The first kappa shape index (κ1) is 18.9. The van der Waals surface area contributed by atoms with Gasteiger partial charge < -0.3 is 9.64 Å². The first-order valence-corrected chi connectivity index (χ1v) is 9.60. The summed E-state index contributed by atoms with van der Waals surface area (Å²) >= 11 is 0. The fourth-order valence-electron chi connectivity index (χ4n) is 3.68. The Bertz CT molecular complexity index is 1050. The van der Waals surface area contributed by atoms with Gasteiger partial charge in [0.05, 0.1) is 18.4 Å². The highest BCUT2D eigenvalue weighted by Crippen LogP contribution is 2.28. The maximum Gasteiger partial charge on any atom is 0.347 e. The lowest BCUT2D eigenvalue weighted by Crippen LogP contribution is -2.38. The molecular formula is C21H23N5O3. The molecule has 0 saturated carbocycles. The van der Waals surface area contributed by atoms with Crippen molar-refractivity contribution in [2.75, 3.05) is 20.2 Å². The van der Waals surface area contributed by atoms with Gasteiger partial charge in [-0.05, 0) is 38.0 Å². The number of hydrogen-bond acceptors (Lipinski definition) is 5. The summed E-state index contributed by atoms with van der Waals surface area (Å²) < 4.78 is 6.67. The second kappa shape index (κ2) is 7.90. The third kappa shape index (κ3) is 3.78. The fraction of sp³-hybridized carbons (Fsp3) is 0.333. The fourth-order valence-corrected chi connectivity index (χ4v) is 3.68. The van der Waals surface area contributed by atoms with Crippen molar-refractivity contribution in [1.82, 2.24) is 24.6 Å². The zero-order chi connectivity index (χ0) is 20.4. The first-order valence-electron chi connectivity index (χ1n) is 9.60. The van der Waals surface area contributed by atoms with Crippen LogP contribution < -0.4 is 10.4 Å². The molecule has 1 aliphatic rings. The molecule has 29 heavy (non-hydrogen) atoms. The molecule has 8 nitrogen and oxygen atoms in total. The van der Waals surface area contributed by atoms with Crippen LogP contribution in [0.1, 0.15) is 40.5 Å². The van der Waals surface area contributed by atoms with Crippen molar-refractivity contribution >= 4 is 5.91 Å². The summed E-state index contributed by atoms with van der Waals surface area (Å²) in [6.45, 7) is 3.21. The number of ether oxygens (including phenoxy) is 1. The quantitative estimate of drug-likeness (QED) is 0.734. The molecular weight excluding hydrogens is 370 g/mol. The van der Waals surface area contributed by atoms with E-state index in [4.69, 9.17) is 4.74 Å². The molecule has 2 aromatic heterocycles. The molecule has 1 aliphatic heterocycles. The molecule has 0 atom stereocenters. The van der Waals surface area contributed by atoms with Gasteiger partial charge in [0.2, 0.25) is 5.88 Å². The number of aromatic amines is 1. The number of aromatic nitrogens is 4. The SMILES string of the molecule is COc1ccc(C(=O)N2CCC(c3n[nH]c(=O)n3-c3ccc(C)cc3)CC2)cn1. The summed E-state index contributed by atoms with van der Waals surface area (Å²) in [6.07, 6.45) is 3.02. The molecule has 8 heteroatoms. The van der Waals surface area contributed by atoms with Crippen LogP contribution in [0.3, 0.4) is 0 Å². The van der Waals surface area contributed by atoms with Crippen molar-refractivity contribution in [3.8, 4) is 11.6 Å². The van der Waals surface area contributed by atoms with Crippen LogP contribution in [-0.2, 0) is 0 Å². The number of nitrogens with zero attached hydrogens (tertiary/aromatic N) is 4. The van der Waals surface area contributed by atoms with Crippen molar-refractivity contribution in [3.63, 3.8) is 0 Å². The van der Waals surface area contributed by atoms with Crippen LogP contribution in [0.4, 0.5) is 0 Å². The summed E-state index contributed by atoms with van der Waals surface area (Å²) in [5.41, 5.74) is 2.23. The number of H-pyrrole nitrogens is 1. The minimum Gasteiger partial charge on any atom is -0.481 e. The van der Waals surface area contributed by atoms with E-state index in [0.29, 0.717) is 24.5 Å². The van der Waals surface area contributed by atoms with Gasteiger partial charge in [0.25, 0.3) is 5.91 Å². The van der Waals surface area contributed by atoms with Gasteiger partial charge in [-0.3, -0.25) is 4.79 Å². The lowest BCUT2D eigenvalue weighted by atomic mass is 9.95. The number of pyridine rings is 1. The van der Waals surface area contributed by atoms with E-state index < -0.39 is 0 Å². The van der Waals surface area contributed by atoms with Crippen LogP contribution in [0, 0.1) is 6.92 Å². The van der Waals surface area contributed by atoms with Crippen LogP contribution in [0.5, 0.6) is 5.88 Å². The topological polar surface area (TPSA) is 93.1 Å². The van der Waals surface area contributed by atoms with Crippen LogP contribution in [-0.4, -0.2) is 50.8 Å². The lowest BCUT2D eigenvalue weighted by Gasteiger charge is -2.31. The molecule has 1 fully saturated rings. The van der Waals surface area contributed by atoms with E-state index in [1.165, 1.54) is 6.20 Å². The Morgan fingerprint density at radius 3 is 2.48 bits per heavy atom. The average Bonchev–Trinajstić information content (AvgIpc) is 3.15.